The van der Waals surface area contributed by atoms with E-state index >= 15 is 0 Å². The van der Waals surface area contributed by atoms with Gasteiger partial charge in [0.1, 0.15) is 10.2 Å². The van der Waals surface area contributed by atoms with Crippen LogP contribution in [-0.4, -0.2) is 15.4 Å². The van der Waals surface area contributed by atoms with E-state index in [2.05, 4.69) is 0 Å². The van der Waals surface area contributed by atoms with Crippen molar-refractivity contribution >= 4 is 29.2 Å². The molecule has 0 bridgehead atoms. The molecule has 1 aromatic carbocycles. The average Bonchev–Trinajstić information content (AvgIpc) is 2.84. The number of carboxylic acids is 1. The summed E-state index contributed by atoms with van der Waals surface area (Å²) in [6.07, 6.45) is -4.88. The van der Waals surface area contributed by atoms with Gasteiger partial charge in [-0.05, 0) is 24.1 Å². The summed E-state index contributed by atoms with van der Waals surface area (Å²) in [5, 5.41) is 8.91. The summed E-state index contributed by atoms with van der Waals surface area (Å²) in [5.41, 5.74) is -1.73. The lowest BCUT2D eigenvalue weighted by atomic mass is 10.0. The minimum atomic E-state index is -4.88. The van der Waals surface area contributed by atoms with Crippen molar-refractivity contribution in [3.8, 4) is 0 Å². The highest BCUT2D eigenvalue weighted by atomic mass is 35.5. The fourth-order valence-corrected chi connectivity index (χ4v) is 3.05. The first-order valence-corrected chi connectivity index (χ1v) is 6.21. The molecule has 0 radical (unpaired) electrons. The van der Waals surface area contributed by atoms with Crippen LogP contribution in [0.15, 0.2) is 12.1 Å². The number of benzene rings is 1. The second-order valence-corrected chi connectivity index (χ2v) is 6.11. The van der Waals surface area contributed by atoms with E-state index in [1.54, 1.807) is 0 Å². The molecule has 2 atom stereocenters. The molecule has 2 rings (SSSR count). The molecule has 0 aromatic heterocycles. The molecule has 0 aliphatic heterocycles. The normalized spacial score (nSPS) is 24.6. The zero-order valence-corrected chi connectivity index (χ0v) is 11.4. The molecule has 0 spiro atoms. The molecular weight excluding hydrogens is 323 g/mol. The van der Waals surface area contributed by atoms with Gasteiger partial charge in [0.2, 0.25) is 0 Å². The second kappa shape index (κ2) is 4.49. The van der Waals surface area contributed by atoms with Crippen LogP contribution >= 0.6 is 23.2 Å². The molecule has 1 fully saturated rings. The average molecular weight is 331 g/mol. The quantitative estimate of drug-likeness (QED) is 0.654. The second-order valence-electron chi connectivity index (χ2n) is 4.67. The molecule has 0 heterocycles. The van der Waals surface area contributed by atoms with Crippen molar-refractivity contribution in [2.75, 3.05) is 0 Å². The maximum atomic E-state index is 13.5. The van der Waals surface area contributed by atoms with Crippen molar-refractivity contribution in [1.82, 2.24) is 0 Å². The van der Waals surface area contributed by atoms with E-state index in [9.17, 15) is 22.4 Å². The molecule has 1 aliphatic rings. The SMILES string of the molecule is Cc1cc([C@H]2[C@H](C(=O)O)C2(Cl)Cl)cc(C(F)(F)F)c1F. The third kappa shape index (κ3) is 2.35. The van der Waals surface area contributed by atoms with Gasteiger partial charge in [-0.1, -0.05) is 29.3 Å². The van der Waals surface area contributed by atoms with E-state index in [4.69, 9.17) is 28.3 Å². The smallest absolute Gasteiger partial charge is 0.419 e. The van der Waals surface area contributed by atoms with E-state index in [0.717, 1.165) is 13.0 Å². The van der Waals surface area contributed by atoms with Gasteiger partial charge in [-0.2, -0.15) is 13.2 Å². The van der Waals surface area contributed by atoms with Crippen LogP contribution in [0.25, 0.3) is 0 Å². The van der Waals surface area contributed by atoms with Crippen LogP contribution in [0.3, 0.4) is 0 Å². The molecule has 1 N–H and O–H groups in total. The van der Waals surface area contributed by atoms with Crippen molar-refractivity contribution in [1.29, 1.82) is 0 Å². The number of hydrogen-bond acceptors (Lipinski definition) is 1. The van der Waals surface area contributed by atoms with E-state index in [1.807, 2.05) is 0 Å². The molecule has 0 unspecified atom stereocenters. The first-order valence-electron chi connectivity index (χ1n) is 5.45. The van der Waals surface area contributed by atoms with Crippen molar-refractivity contribution in [3.05, 3.63) is 34.6 Å². The number of hydrogen-bond donors (Lipinski definition) is 1. The number of carbonyl (C=O) groups is 1. The fourth-order valence-electron chi connectivity index (χ4n) is 2.23. The summed E-state index contributed by atoms with van der Waals surface area (Å²) < 4.78 is 50.0. The van der Waals surface area contributed by atoms with Gasteiger partial charge >= 0.3 is 12.1 Å². The van der Waals surface area contributed by atoms with Crippen LogP contribution in [0, 0.1) is 18.7 Å². The number of aliphatic carboxylic acids is 1. The van der Waals surface area contributed by atoms with Crippen molar-refractivity contribution in [2.24, 2.45) is 5.92 Å². The Morgan fingerprint density at radius 2 is 1.90 bits per heavy atom. The number of halogens is 6. The van der Waals surface area contributed by atoms with E-state index in [-0.39, 0.29) is 11.1 Å². The minimum Gasteiger partial charge on any atom is -0.481 e. The summed E-state index contributed by atoms with van der Waals surface area (Å²) in [4.78, 5) is 10.9. The number of aryl methyl sites for hydroxylation is 1. The Hall–Kier alpha value is -1.01. The highest BCUT2D eigenvalue weighted by molar-refractivity contribution is 6.53. The van der Waals surface area contributed by atoms with Crippen LogP contribution in [-0.2, 0) is 11.0 Å². The lowest BCUT2D eigenvalue weighted by Crippen LogP contribution is -2.10. The van der Waals surface area contributed by atoms with Gasteiger partial charge in [0, 0.05) is 5.92 Å². The third-order valence-corrected chi connectivity index (χ3v) is 4.20. The standard InChI is InChI=1S/C12H8Cl2F4O2/c1-4-2-5(3-6(9(4)15)12(16,17)18)7-8(10(19)20)11(7,13)14/h2-3,7-8H,1H3,(H,19,20)/t7-,8+/m0/s1. The van der Waals surface area contributed by atoms with Crippen LogP contribution in [0.5, 0.6) is 0 Å². The number of rotatable bonds is 2. The molecule has 20 heavy (non-hydrogen) atoms. The Kier molecular flexibility index (Phi) is 3.46. The predicted octanol–water partition coefficient (Wildman–Crippen LogP) is 4.12. The van der Waals surface area contributed by atoms with Crippen LogP contribution in [0.1, 0.15) is 22.6 Å². The lowest BCUT2D eigenvalue weighted by Gasteiger charge is -2.12. The van der Waals surface area contributed by atoms with Gasteiger partial charge in [0.15, 0.2) is 0 Å². The summed E-state index contributed by atoms with van der Waals surface area (Å²) >= 11 is 11.5. The first kappa shape index (κ1) is 15.4. The third-order valence-electron chi connectivity index (χ3n) is 3.26. The van der Waals surface area contributed by atoms with Gasteiger partial charge in [0.05, 0.1) is 11.5 Å². The van der Waals surface area contributed by atoms with Gasteiger partial charge in [0.25, 0.3) is 0 Å². The van der Waals surface area contributed by atoms with Gasteiger partial charge in [-0.25, -0.2) is 4.39 Å². The Labute approximate surface area is 121 Å². The molecule has 1 aliphatic carbocycles. The van der Waals surface area contributed by atoms with Crippen molar-refractivity contribution in [3.63, 3.8) is 0 Å². The monoisotopic (exact) mass is 330 g/mol. The van der Waals surface area contributed by atoms with Crippen molar-refractivity contribution < 1.29 is 27.5 Å². The van der Waals surface area contributed by atoms with E-state index in [0.29, 0.717) is 6.07 Å². The lowest BCUT2D eigenvalue weighted by molar-refractivity contribution is -0.140. The van der Waals surface area contributed by atoms with Gasteiger partial charge in [-0.15, -0.1) is 0 Å². The Morgan fingerprint density at radius 3 is 2.30 bits per heavy atom. The number of carboxylic acid groups (broad SMARTS) is 1. The van der Waals surface area contributed by atoms with Gasteiger partial charge in [-0.3, -0.25) is 4.79 Å². The molecular formula is C12H8Cl2F4O2. The molecule has 1 aromatic rings. The molecule has 0 amide bonds. The molecule has 2 nitrogen and oxygen atoms in total. The zero-order chi connectivity index (χ0) is 15.5. The molecule has 1 saturated carbocycles. The highest BCUT2D eigenvalue weighted by Crippen LogP contribution is 2.65. The minimum absolute atomic E-state index is 0.0337. The summed E-state index contributed by atoms with van der Waals surface area (Å²) in [5.74, 6) is -4.90. The molecule has 110 valence electrons. The molecule has 0 saturated heterocycles. The van der Waals surface area contributed by atoms with Crippen molar-refractivity contribution in [2.45, 2.75) is 23.4 Å². The maximum Gasteiger partial charge on any atom is 0.419 e. The highest BCUT2D eigenvalue weighted by Gasteiger charge is 2.68. The predicted molar refractivity (Wildman–Crippen MR) is 64.4 cm³/mol. The summed E-state index contributed by atoms with van der Waals surface area (Å²) in [6.45, 7) is 1.16. The van der Waals surface area contributed by atoms with Gasteiger partial charge < -0.3 is 5.11 Å². The maximum absolute atomic E-state index is 13.5. The van der Waals surface area contributed by atoms with Crippen LogP contribution in [0.4, 0.5) is 17.6 Å². The Balaban J connectivity index is 2.51. The van der Waals surface area contributed by atoms with E-state index in [1.165, 1.54) is 0 Å². The Morgan fingerprint density at radius 1 is 1.35 bits per heavy atom. The van der Waals surface area contributed by atoms with Crippen LogP contribution < -0.4 is 0 Å². The summed E-state index contributed by atoms with van der Waals surface area (Å²) in [6, 6.07) is 1.70. The topological polar surface area (TPSA) is 37.3 Å². The molecule has 8 heteroatoms. The Bertz CT molecular complexity index is 584. The number of alkyl halides is 5. The van der Waals surface area contributed by atoms with Crippen LogP contribution in [0.2, 0.25) is 0 Å². The fraction of sp³-hybridized carbons (Fsp3) is 0.417. The van der Waals surface area contributed by atoms with E-state index < -0.39 is 39.7 Å². The zero-order valence-electron chi connectivity index (χ0n) is 9.93. The largest absolute Gasteiger partial charge is 0.481 e. The summed E-state index contributed by atoms with van der Waals surface area (Å²) in [7, 11) is 0. The first-order chi connectivity index (χ1) is 8.98.